The van der Waals surface area contributed by atoms with Crippen molar-refractivity contribution in [2.24, 2.45) is 0 Å². The number of rotatable bonds is 2. The summed E-state index contributed by atoms with van der Waals surface area (Å²) in [5.41, 5.74) is 0. The van der Waals surface area contributed by atoms with Gasteiger partial charge >= 0.3 is 6.09 Å². The van der Waals surface area contributed by atoms with Gasteiger partial charge in [-0.25, -0.2) is 4.79 Å². The smallest absolute Gasteiger partial charge is 0.410 e. The van der Waals surface area contributed by atoms with E-state index in [1.807, 2.05) is 6.07 Å². The summed E-state index contributed by atoms with van der Waals surface area (Å²) < 4.78 is 5.21. The molecule has 1 aromatic carbocycles. The summed E-state index contributed by atoms with van der Waals surface area (Å²) in [7, 11) is 0. The molecule has 0 saturated carbocycles. The first kappa shape index (κ1) is 15.0. The molecule has 3 aliphatic rings. The number of para-hydroxylation sites is 1. The molecule has 3 saturated heterocycles. The van der Waals surface area contributed by atoms with Crippen LogP contribution >= 0.6 is 0 Å². The average molecular weight is 329 g/mol. The monoisotopic (exact) mass is 329 g/mol. The molecule has 3 amide bonds. The predicted molar refractivity (Wildman–Crippen MR) is 84.2 cm³/mol. The van der Waals surface area contributed by atoms with E-state index < -0.39 is 12.1 Å². The van der Waals surface area contributed by atoms with Gasteiger partial charge < -0.3 is 19.9 Å². The van der Waals surface area contributed by atoms with Gasteiger partial charge in [0, 0.05) is 13.1 Å². The number of carbonyl (C=O) groups excluding carboxylic acids is 3. The van der Waals surface area contributed by atoms with Crippen molar-refractivity contribution in [2.45, 2.75) is 37.4 Å². The van der Waals surface area contributed by atoms with Crippen molar-refractivity contribution in [2.75, 3.05) is 13.1 Å². The second-order valence-electron chi connectivity index (χ2n) is 6.48. The standard InChI is InChI=1S/C17H19N3O4/c21-15-13-7-4-8-19(13)16(22)14-9-11(10-20(14)15)18-17(23)24-12-5-2-1-3-6-12/h1-3,5-6,11,13-14H,4,7-10H2,(H,18,23)/t11-,13-,14-/m0/s1. The van der Waals surface area contributed by atoms with Gasteiger partial charge in [-0.3, -0.25) is 9.59 Å². The molecule has 0 unspecified atom stereocenters. The Hall–Kier alpha value is -2.57. The van der Waals surface area contributed by atoms with Crippen LogP contribution in [0.2, 0.25) is 0 Å². The minimum Gasteiger partial charge on any atom is -0.410 e. The van der Waals surface area contributed by atoms with Gasteiger partial charge in [0.2, 0.25) is 11.8 Å². The molecule has 3 fully saturated rings. The molecule has 0 bridgehead atoms. The van der Waals surface area contributed by atoms with Crippen LogP contribution in [0.5, 0.6) is 5.75 Å². The topological polar surface area (TPSA) is 79.0 Å². The van der Waals surface area contributed by atoms with Crippen LogP contribution in [0.25, 0.3) is 0 Å². The predicted octanol–water partition coefficient (Wildman–Crippen LogP) is 0.749. The number of piperazine rings is 1. The first-order valence-electron chi connectivity index (χ1n) is 8.28. The molecule has 3 atom stereocenters. The third-order valence-corrected chi connectivity index (χ3v) is 4.97. The van der Waals surface area contributed by atoms with Crippen LogP contribution in [0.3, 0.4) is 0 Å². The number of amides is 3. The summed E-state index contributed by atoms with van der Waals surface area (Å²) in [4.78, 5) is 40.4. The Morgan fingerprint density at radius 3 is 2.62 bits per heavy atom. The highest BCUT2D eigenvalue weighted by Gasteiger charge is 2.51. The Labute approximate surface area is 139 Å². The van der Waals surface area contributed by atoms with E-state index >= 15 is 0 Å². The summed E-state index contributed by atoms with van der Waals surface area (Å²) in [6, 6.07) is 7.77. The lowest BCUT2D eigenvalue weighted by Crippen LogP contribution is -2.60. The van der Waals surface area contributed by atoms with Gasteiger partial charge in [0.1, 0.15) is 17.8 Å². The van der Waals surface area contributed by atoms with Crippen molar-refractivity contribution in [3.8, 4) is 5.75 Å². The van der Waals surface area contributed by atoms with Crippen LogP contribution in [-0.4, -0.2) is 58.9 Å². The van der Waals surface area contributed by atoms with E-state index in [4.69, 9.17) is 4.74 Å². The van der Waals surface area contributed by atoms with Crippen LogP contribution in [0, 0.1) is 0 Å². The van der Waals surface area contributed by atoms with Crippen LogP contribution in [0.4, 0.5) is 4.79 Å². The van der Waals surface area contributed by atoms with Crippen LogP contribution in [-0.2, 0) is 9.59 Å². The zero-order valence-electron chi connectivity index (χ0n) is 13.2. The maximum Gasteiger partial charge on any atom is 0.412 e. The van der Waals surface area contributed by atoms with Crippen molar-refractivity contribution in [1.82, 2.24) is 15.1 Å². The van der Waals surface area contributed by atoms with Crippen molar-refractivity contribution >= 4 is 17.9 Å². The van der Waals surface area contributed by atoms with E-state index in [2.05, 4.69) is 5.32 Å². The van der Waals surface area contributed by atoms with Crippen molar-refractivity contribution in [3.05, 3.63) is 30.3 Å². The van der Waals surface area contributed by atoms with Gasteiger partial charge in [0.15, 0.2) is 0 Å². The molecule has 7 heteroatoms. The Morgan fingerprint density at radius 2 is 1.83 bits per heavy atom. The first-order chi connectivity index (χ1) is 11.6. The zero-order valence-corrected chi connectivity index (χ0v) is 13.2. The molecule has 7 nitrogen and oxygen atoms in total. The number of benzene rings is 1. The van der Waals surface area contributed by atoms with Crippen molar-refractivity contribution in [1.29, 1.82) is 0 Å². The lowest BCUT2D eigenvalue weighted by molar-refractivity contribution is -0.156. The van der Waals surface area contributed by atoms with E-state index in [-0.39, 0.29) is 23.9 Å². The minimum atomic E-state index is -0.563. The average Bonchev–Trinajstić information content (AvgIpc) is 3.21. The lowest BCUT2D eigenvalue weighted by Gasteiger charge is -2.38. The molecule has 1 N–H and O–H groups in total. The molecular weight excluding hydrogens is 310 g/mol. The molecule has 4 rings (SSSR count). The Bertz CT molecular complexity index is 648. The molecule has 1 aromatic rings. The van der Waals surface area contributed by atoms with E-state index in [1.165, 1.54) is 0 Å². The third-order valence-electron chi connectivity index (χ3n) is 4.97. The van der Waals surface area contributed by atoms with Gasteiger partial charge in [-0.1, -0.05) is 18.2 Å². The van der Waals surface area contributed by atoms with Gasteiger partial charge in [-0.15, -0.1) is 0 Å². The first-order valence-corrected chi connectivity index (χ1v) is 8.28. The fourth-order valence-corrected chi connectivity index (χ4v) is 3.88. The molecule has 0 aromatic heterocycles. The van der Waals surface area contributed by atoms with Crippen LogP contribution < -0.4 is 10.1 Å². The maximum absolute atomic E-state index is 12.5. The quantitative estimate of drug-likeness (QED) is 0.868. The Morgan fingerprint density at radius 1 is 1.08 bits per heavy atom. The normalized spacial score (nSPS) is 28.6. The van der Waals surface area contributed by atoms with Crippen LogP contribution in [0.1, 0.15) is 19.3 Å². The lowest BCUT2D eigenvalue weighted by atomic mass is 10.1. The molecule has 3 heterocycles. The van der Waals surface area contributed by atoms with Gasteiger partial charge in [-0.2, -0.15) is 0 Å². The van der Waals surface area contributed by atoms with Crippen LogP contribution in [0.15, 0.2) is 30.3 Å². The number of hydrogen-bond donors (Lipinski definition) is 1. The highest BCUT2D eigenvalue weighted by Crippen LogP contribution is 2.32. The van der Waals surface area contributed by atoms with E-state index in [0.29, 0.717) is 25.3 Å². The largest absolute Gasteiger partial charge is 0.412 e. The summed E-state index contributed by atoms with van der Waals surface area (Å²) in [6.45, 7) is 1.02. The molecule has 3 aliphatic heterocycles. The van der Waals surface area contributed by atoms with Gasteiger partial charge in [-0.05, 0) is 31.4 Å². The second-order valence-corrected chi connectivity index (χ2v) is 6.48. The number of nitrogens with zero attached hydrogens (tertiary/aromatic N) is 2. The van der Waals surface area contributed by atoms with Gasteiger partial charge in [0.05, 0.1) is 6.04 Å². The SMILES string of the molecule is O=C(N[C@H]1C[C@H]2C(=O)N3CCC[C@H]3C(=O)N2C1)Oc1ccccc1. The van der Waals surface area contributed by atoms with Crippen molar-refractivity contribution in [3.63, 3.8) is 0 Å². The van der Waals surface area contributed by atoms with E-state index in [0.717, 1.165) is 12.8 Å². The third kappa shape index (κ3) is 2.50. The molecule has 0 radical (unpaired) electrons. The zero-order chi connectivity index (χ0) is 16.7. The molecule has 24 heavy (non-hydrogen) atoms. The Kier molecular flexibility index (Phi) is 3.63. The minimum absolute atomic E-state index is 0.0119. The van der Waals surface area contributed by atoms with E-state index in [1.54, 1.807) is 34.1 Å². The van der Waals surface area contributed by atoms with Crippen molar-refractivity contribution < 1.29 is 19.1 Å². The summed E-state index contributed by atoms with van der Waals surface area (Å²) >= 11 is 0. The molecule has 126 valence electrons. The number of carbonyl (C=O) groups is 3. The molecular formula is C17H19N3O4. The number of fused-ring (bicyclic) bond motifs is 2. The number of nitrogens with one attached hydrogen (secondary N) is 1. The van der Waals surface area contributed by atoms with Gasteiger partial charge in [0.25, 0.3) is 0 Å². The second kappa shape index (κ2) is 5.81. The summed E-state index contributed by atoms with van der Waals surface area (Å²) in [5, 5.41) is 2.76. The van der Waals surface area contributed by atoms with E-state index in [9.17, 15) is 14.4 Å². The molecule has 0 spiro atoms. The highest BCUT2D eigenvalue weighted by atomic mass is 16.6. The fourth-order valence-electron chi connectivity index (χ4n) is 3.88. The number of hydrogen-bond acceptors (Lipinski definition) is 4. The highest BCUT2D eigenvalue weighted by molar-refractivity contribution is 5.98. The Balaban J connectivity index is 1.40. The summed E-state index contributed by atoms with van der Waals surface area (Å²) in [6.07, 6.45) is 1.50. The summed E-state index contributed by atoms with van der Waals surface area (Å²) in [5.74, 6) is 0.481. The fraction of sp³-hybridized carbons (Fsp3) is 0.471. The molecule has 0 aliphatic carbocycles. The maximum atomic E-state index is 12.5. The number of ether oxygens (including phenoxy) is 1.